The van der Waals surface area contributed by atoms with Crippen molar-refractivity contribution in [3.8, 4) is 5.75 Å². The molecular weight excluding hydrogens is 334 g/mol. The highest BCUT2D eigenvalue weighted by Crippen LogP contribution is 2.37. The summed E-state index contributed by atoms with van der Waals surface area (Å²) >= 11 is 0. The summed E-state index contributed by atoms with van der Waals surface area (Å²) in [4.78, 5) is 2.34. The highest BCUT2D eigenvalue weighted by Gasteiger charge is 2.24. The Kier molecular flexibility index (Phi) is 3.82. The average molecular weight is 355 g/mol. The predicted molar refractivity (Wildman–Crippen MR) is 108 cm³/mol. The van der Waals surface area contributed by atoms with Crippen molar-refractivity contribution in [3.05, 3.63) is 89.5 Å². The van der Waals surface area contributed by atoms with Crippen LogP contribution in [-0.4, -0.2) is 9.78 Å². The lowest BCUT2D eigenvalue weighted by molar-refractivity contribution is 0.310. The first kappa shape index (κ1) is 15.9. The van der Waals surface area contributed by atoms with E-state index in [4.69, 9.17) is 9.84 Å². The van der Waals surface area contributed by atoms with Gasteiger partial charge in [-0.25, -0.2) is 0 Å². The summed E-state index contributed by atoms with van der Waals surface area (Å²) in [5.41, 5.74) is 5.00. The number of fused-ring (bicyclic) bond motifs is 2. The monoisotopic (exact) mass is 355 g/mol. The van der Waals surface area contributed by atoms with E-state index in [9.17, 15) is 0 Å². The zero-order valence-corrected chi connectivity index (χ0v) is 15.3. The Labute approximate surface area is 158 Å². The first-order valence-electron chi connectivity index (χ1n) is 9.24. The molecule has 2 heterocycles. The third kappa shape index (κ3) is 2.83. The van der Waals surface area contributed by atoms with Crippen LogP contribution >= 0.6 is 0 Å². The number of hydrogen-bond acceptors (Lipinski definition) is 3. The van der Waals surface area contributed by atoms with Crippen molar-refractivity contribution in [2.75, 3.05) is 4.90 Å². The molecule has 4 nitrogen and oxygen atoms in total. The van der Waals surface area contributed by atoms with Gasteiger partial charge in [0.05, 0.1) is 10.9 Å². The van der Waals surface area contributed by atoms with Crippen LogP contribution in [0.5, 0.6) is 5.75 Å². The van der Waals surface area contributed by atoms with Crippen molar-refractivity contribution in [2.45, 2.75) is 19.7 Å². The molecule has 0 spiro atoms. The van der Waals surface area contributed by atoms with Crippen LogP contribution in [0.1, 0.15) is 16.7 Å². The summed E-state index contributed by atoms with van der Waals surface area (Å²) in [5.74, 6) is 1.88. The van der Waals surface area contributed by atoms with Crippen molar-refractivity contribution in [3.63, 3.8) is 0 Å². The van der Waals surface area contributed by atoms with E-state index in [0.29, 0.717) is 6.61 Å². The molecule has 4 aromatic rings. The van der Waals surface area contributed by atoms with Gasteiger partial charge < -0.3 is 9.64 Å². The van der Waals surface area contributed by atoms with Crippen LogP contribution in [0.2, 0.25) is 0 Å². The van der Waals surface area contributed by atoms with Gasteiger partial charge in [0.2, 0.25) is 0 Å². The van der Waals surface area contributed by atoms with Gasteiger partial charge >= 0.3 is 0 Å². The first-order valence-corrected chi connectivity index (χ1v) is 9.24. The molecular formula is C23H21N3O. The molecule has 0 radical (unpaired) electrons. The van der Waals surface area contributed by atoms with Crippen LogP contribution in [0.25, 0.3) is 10.9 Å². The highest BCUT2D eigenvalue weighted by atomic mass is 16.5. The molecule has 0 N–H and O–H groups in total. The van der Waals surface area contributed by atoms with Crippen molar-refractivity contribution in [1.82, 2.24) is 9.78 Å². The molecule has 0 unspecified atom stereocenters. The smallest absolute Gasteiger partial charge is 0.162 e. The summed E-state index contributed by atoms with van der Waals surface area (Å²) in [5, 5.41) is 5.92. The lowest BCUT2D eigenvalue weighted by atomic mass is 10.1. The van der Waals surface area contributed by atoms with Crippen LogP contribution in [0.4, 0.5) is 5.82 Å². The molecule has 0 saturated carbocycles. The number of nitrogens with zero attached hydrogens (tertiary/aromatic N) is 3. The quantitative estimate of drug-likeness (QED) is 0.533. The number of aryl methyl sites for hydroxylation is 1. The zero-order valence-electron chi connectivity index (χ0n) is 15.3. The van der Waals surface area contributed by atoms with Gasteiger partial charge in [-0.1, -0.05) is 60.7 Å². The van der Waals surface area contributed by atoms with E-state index in [2.05, 4.69) is 47.4 Å². The van der Waals surface area contributed by atoms with E-state index in [-0.39, 0.29) is 0 Å². The van der Waals surface area contributed by atoms with Crippen molar-refractivity contribution in [2.24, 2.45) is 7.05 Å². The standard InChI is InChI=1S/C23H21N3O/c1-25-20-12-7-13-21(27-16-17-8-3-2-4-9-17)22(20)23(24-25)26-14-18-10-5-6-11-19(18)15-26/h2-13H,14-16H2,1H3. The highest BCUT2D eigenvalue weighted by molar-refractivity contribution is 5.96. The minimum Gasteiger partial charge on any atom is -0.488 e. The second-order valence-electron chi connectivity index (χ2n) is 7.00. The summed E-state index contributed by atoms with van der Waals surface area (Å²) in [6.45, 7) is 2.32. The molecule has 0 amide bonds. The molecule has 1 aliphatic heterocycles. The molecule has 27 heavy (non-hydrogen) atoms. The number of aromatic nitrogens is 2. The Morgan fingerprint density at radius 3 is 2.30 bits per heavy atom. The molecule has 1 aromatic heterocycles. The van der Waals surface area contributed by atoms with E-state index in [0.717, 1.165) is 41.1 Å². The second-order valence-corrected chi connectivity index (χ2v) is 7.00. The number of ether oxygens (including phenoxy) is 1. The molecule has 0 atom stereocenters. The Balaban J connectivity index is 1.52. The van der Waals surface area contributed by atoms with Crippen molar-refractivity contribution >= 4 is 16.7 Å². The fraction of sp³-hybridized carbons (Fsp3) is 0.174. The molecule has 1 aliphatic rings. The van der Waals surface area contributed by atoms with Gasteiger partial charge in [0.15, 0.2) is 5.82 Å². The summed E-state index contributed by atoms with van der Waals surface area (Å²) in [6.07, 6.45) is 0. The summed E-state index contributed by atoms with van der Waals surface area (Å²) < 4.78 is 8.16. The van der Waals surface area contributed by atoms with E-state index in [1.165, 1.54) is 11.1 Å². The Morgan fingerprint density at radius 1 is 0.852 bits per heavy atom. The lowest BCUT2D eigenvalue weighted by Gasteiger charge is -2.16. The second kappa shape index (κ2) is 6.47. The molecule has 3 aromatic carbocycles. The van der Waals surface area contributed by atoms with E-state index in [1.54, 1.807) is 0 Å². The Morgan fingerprint density at radius 2 is 1.56 bits per heavy atom. The van der Waals surface area contributed by atoms with Crippen LogP contribution in [0.3, 0.4) is 0 Å². The van der Waals surface area contributed by atoms with Crippen LogP contribution in [0, 0.1) is 0 Å². The van der Waals surface area contributed by atoms with Crippen LogP contribution < -0.4 is 9.64 Å². The summed E-state index contributed by atoms with van der Waals surface area (Å²) in [7, 11) is 2.00. The fourth-order valence-corrected chi connectivity index (χ4v) is 3.82. The number of rotatable bonds is 4. The zero-order chi connectivity index (χ0) is 18.2. The van der Waals surface area contributed by atoms with Crippen LogP contribution in [-0.2, 0) is 26.7 Å². The Hall–Kier alpha value is -3.27. The van der Waals surface area contributed by atoms with Gasteiger partial charge in [-0.05, 0) is 28.8 Å². The van der Waals surface area contributed by atoms with Gasteiger partial charge in [0.1, 0.15) is 12.4 Å². The molecule has 134 valence electrons. The molecule has 0 bridgehead atoms. The van der Waals surface area contributed by atoms with Crippen LogP contribution in [0.15, 0.2) is 72.8 Å². The first-order chi connectivity index (χ1) is 13.3. The molecule has 0 fully saturated rings. The summed E-state index contributed by atoms with van der Waals surface area (Å²) in [6, 6.07) is 25.1. The maximum absolute atomic E-state index is 6.22. The van der Waals surface area contributed by atoms with Gasteiger partial charge in [-0.2, -0.15) is 5.10 Å². The molecule has 0 saturated heterocycles. The molecule has 4 heteroatoms. The van der Waals surface area contributed by atoms with Gasteiger partial charge in [0.25, 0.3) is 0 Å². The topological polar surface area (TPSA) is 30.3 Å². The number of hydrogen-bond donors (Lipinski definition) is 0. The minimum absolute atomic E-state index is 0.550. The largest absolute Gasteiger partial charge is 0.488 e. The van der Waals surface area contributed by atoms with E-state index < -0.39 is 0 Å². The predicted octanol–water partition coefficient (Wildman–Crippen LogP) is 4.67. The Bertz CT molecular complexity index is 1080. The van der Waals surface area contributed by atoms with Gasteiger partial charge in [-0.15, -0.1) is 0 Å². The van der Waals surface area contributed by atoms with E-state index >= 15 is 0 Å². The average Bonchev–Trinajstić information content (AvgIpc) is 3.29. The normalized spacial score (nSPS) is 13.1. The number of benzene rings is 3. The SMILES string of the molecule is Cn1nc(N2Cc3ccccc3C2)c2c(OCc3ccccc3)cccc21. The fourth-order valence-electron chi connectivity index (χ4n) is 3.82. The van der Waals surface area contributed by atoms with Gasteiger partial charge in [-0.3, -0.25) is 4.68 Å². The minimum atomic E-state index is 0.550. The maximum atomic E-state index is 6.22. The third-order valence-corrected chi connectivity index (χ3v) is 5.20. The maximum Gasteiger partial charge on any atom is 0.162 e. The third-order valence-electron chi connectivity index (χ3n) is 5.20. The lowest BCUT2D eigenvalue weighted by Crippen LogP contribution is -2.15. The van der Waals surface area contributed by atoms with Crippen molar-refractivity contribution < 1.29 is 4.74 Å². The molecule has 5 rings (SSSR count). The number of anilines is 1. The van der Waals surface area contributed by atoms with Crippen molar-refractivity contribution in [1.29, 1.82) is 0 Å². The van der Waals surface area contributed by atoms with Gasteiger partial charge in [0, 0.05) is 20.1 Å². The molecule has 0 aliphatic carbocycles. The van der Waals surface area contributed by atoms with E-state index in [1.807, 2.05) is 42.1 Å².